The molecule has 1 heterocycles. The predicted octanol–water partition coefficient (Wildman–Crippen LogP) is 4.49. The minimum absolute atomic E-state index is 0. The number of oxazole rings is 1. The maximum absolute atomic E-state index is 5.61. The van der Waals surface area contributed by atoms with Crippen molar-refractivity contribution in [3.8, 4) is 17.2 Å². The van der Waals surface area contributed by atoms with Gasteiger partial charge in [-0.3, -0.25) is 4.99 Å². The third kappa shape index (κ3) is 6.48. The van der Waals surface area contributed by atoms with E-state index in [9.17, 15) is 0 Å². The van der Waals surface area contributed by atoms with Gasteiger partial charge in [-0.25, -0.2) is 4.98 Å². The van der Waals surface area contributed by atoms with Crippen LogP contribution in [0.4, 0.5) is 0 Å². The van der Waals surface area contributed by atoms with E-state index in [-0.39, 0.29) is 24.0 Å². The van der Waals surface area contributed by atoms with Crippen LogP contribution in [0.25, 0.3) is 11.5 Å². The zero-order valence-corrected chi connectivity index (χ0v) is 20.2. The number of benzene rings is 2. The summed E-state index contributed by atoms with van der Waals surface area (Å²) < 4.78 is 11.0. The van der Waals surface area contributed by atoms with E-state index in [1.807, 2.05) is 30.3 Å². The minimum atomic E-state index is 0. The molecule has 0 bridgehead atoms. The topological polar surface area (TPSA) is 71.7 Å². The number of nitrogens with zero attached hydrogens (tertiary/aromatic N) is 2. The molecule has 0 saturated carbocycles. The van der Waals surface area contributed by atoms with Crippen molar-refractivity contribution in [2.24, 2.45) is 4.99 Å². The summed E-state index contributed by atoms with van der Waals surface area (Å²) in [5.41, 5.74) is 5.40. The first-order valence-corrected chi connectivity index (χ1v) is 9.68. The van der Waals surface area contributed by atoms with Gasteiger partial charge in [0.1, 0.15) is 12.0 Å². The maximum atomic E-state index is 5.61. The van der Waals surface area contributed by atoms with Crippen molar-refractivity contribution in [2.75, 3.05) is 20.7 Å². The Hall–Kier alpha value is -2.55. The van der Waals surface area contributed by atoms with Gasteiger partial charge in [0.2, 0.25) is 5.89 Å². The number of rotatable bonds is 7. The second kappa shape index (κ2) is 11.6. The molecule has 0 aliphatic carbocycles. The Kier molecular flexibility index (Phi) is 9.16. The fourth-order valence-corrected chi connectivity index (χ4v) is 3.03. The van der Waals surface area contributed by atoms with E-state index in [0.29, 0.717) is 12.4 Å². The number of aromatic nitrogens is 1. The molecule has 2 N–H and O–H groups in total. The van der Waals surface area contributed by atoms with Crippen molar-refractivity contribution in [2.45, 2.75) is 26.8 Å². The van der Waals surface area contributed by atoms with Gasteiger partial charge in [-0.1, -0.05) is 35.4 Å². The third-order valence-electron chi connectivity index (χ3n) is 4.63. The summed E-state index contributed by atoms with van der Waals surface area (Å²) in [4.78, 5) is 8.82. The molecular formula is C23H29IN4O2. The molecule has 3 rings (SSSR count). The summed E-state index contributed by atoms with van der Waals surface area (Å²) in [6, 6.07) is 14.3. The SMILES string of the molecule is CN=C(NCCc1cc(C)ccc1OC)NCc1coc(-c2ccc(C)cc2)n1.I. The molecule has 0 atom stereocenters. The molecule has 7 heteroatoms. The summed E-state index contributed by atoms with van der Waals surface area (Å²) in [6.07, 6.45) is 2.51. The molecule has 30 heavy (non-hydrogen) atoms. The van der Waals surface area contributed by atoms with Gasteiger partial charge in [0, 0.05) is 19.2 Å². The summed E-state index contributed by atoms with van der Waals surface area (Å²) in [5.74, 6) is 2.25. The molecule has 160 valence electrons. The van der Waals surface area contributed by atoms with E-state index in [0.717, 1.165) is 35.9 Å². The number of hydrogen-bond donors (Lipinski definition) is 2. The highest BCUT2D eigenvalue weighted by molar-refractivity contribution is 14.0. The molecule has 0 radical (unpaired) electrons. The Morgan fingerprint density at radius 1 is 1.07 bits per heavy atom. The average molecular weight is 520 g/mol. The van der Waals surface area contributed by atoms with Gasteiger partial charge in [0.05, 0.1) is 19.3 Å². The van der Waals surface area contributed by atoms with Crippen molar-refractivity contribution in [1.82, 2.24) is 15.6 Å². The first-order chi connectivity index (χ1) is 14.1. The smallest absolute Gasteiger partial charge is 0.226 e. The number of methoxy groups -OCH3 is 1. The van der Waals surface area contributed by atoms with Gasteiger partial charge in [0.15, 0.2) is 5.96 Å². The van der Waals surface area contributed by atoms with Crippen LogP contribution in [-0.4, -0.2) is 31.6 Å². The summed E-state index contributed by atoms with van der Waals surface area (Å²) in [5, 5.41) is 6.60. The number of aryl methyl sites for hydroxylation is 2. The fraction of sp³-hybridized carbons (Fsp3) is 0.304. The number of guanidine groups is 1. The van der Waals surface area contributed by atoms with Gasteiger partial charge in [-0.15, -0.1) is 24.0 Å². The van der Waals surface area contributed by atoms with Gasteiger partial charge in [0.25, 0.3) is 0 Å². The van der Waals surface area contributed by atoms with E-state index in [1.54, 1.807) is 20.4 Å². The highest BCUT2D eigenvalue weighted by Crippen LogP contribution is 2.20. The van der Waals surface area contributed by atoms with E-state index in [4.69, 9.17) is 9.15 Å². The molecule has 0 saturated heterocycles. The molecule has 0 fully saturated rings. The van der Waals surface area contributed by atoms with Crippen LogP contribution in [0.2, 0.25) is 0 Å². The Morgan fingerprint density at radius 2 is 1.80 bits per heavy atom. The molecule has 3 aromatic rings. The summed E-state index contributed by atoms with van der Waals surface area (Å²) >= 11 is 0. The molecule has 2 aromatic carbocycles. The van der Waals surface area contributed by atoms with Crippen LogP contribution in [-0.2, 0) is 13.0 Å². The standard InChI is InChI=1S/C23H28N4O2.HI/c1-16-5-8-18(9-6-16)22-27-20(15-29-22)14-26-23(24-3)25-12-11-19-13-17(2)7-10-21(19)28-4;/h5-10,13,15H,11-12,14H2,1-4H3,(H2,24,25,26);1H. The molecular weight excluding hydrogens is 491 g/mol. The lowest BCUT2D eigenvalue weighted by Gasteiger charge is -2.13. The molecule has 0 unspecified atom stereocenters. The monoisotopic (exact) mass is 520 g/mol. The van der Waals surface area contributed by atoms with Gasteiger partial charge in [-0.2, -0.15) is 0 Å². The zero-order valence-electron chi connectivity index (χ0n) is 17.9. The van der Waals surface area contributed by atoms with Crippen molar-refractivity contribution in [3.63, 3.8) is 0 Å². The van der Waals surface area contributed by atoms with E-state index in [2.05, 4.69) is 46.6 Å². The molecule has 0 spiro atoms. The van der Waals surface area contributed by atoms with E-state index < -0.39 is 0 Å². The number of halogens is 1. The van der Waals surface area contributed by atoms with Crippen LogP contribution < -0.4 is 15.4 Å². The Bertz CT molecular complexity index is 968. The van der Waals surface area contributed by atoms with Crippen LogP contribution in [0.5, 0.6) is 5.75 Å². The predicted molar refractivity (Wildman–Crippen MR) is 132 cm³/mol. The van der Waals surface area contributed by atoms with Gasteiger partial charge < -0.3 is 19.8 Å². The lowest BCUT2D eigenvalue weighted by molar-refractivity contribution is 0.409. The molecule has 0 aliphatic heterocycles. The normalized spacial score (nSPS) is 11.0. The van der Waals surface area contributed by atoms with E-state index >= 15 is 0 Å². The highest BCUT2D eigenvalue weighted by Gasteiger charge is 2.08. The van der Waals surface area contributed by atoms with Crippen LogP contribution in [0.1, 0.15) is 22.4 Å². The van der Waals surface area contributed by atoms with Crippen LogP contribution >= 0.6 is 24.0 Å². The Labute approximate surface area is 195 Å². The first-order valence-electron chi connectivity index (χ1n) is 9.68. The number of aliphatic imine (C=N–C) groups is 1. The van der Waals surface area contributed by atoms with Crippen molar-refractivity contribution >= 4 is 29.9 Å². The summed E-state index contributed by atoms with van der Waals surface area (Å²) in [7, 11) is 3.45. The highest BCUT2D eigenvalue weighted by atomic mass is 127. The summed E-state index contributed by atoms with van der Waals surface area (Å²) in [6.45, 7) is 5.41. The molecule has 6 nitrogen and oxygen atoms in total. The number of ether oxygens (including phenoxy) is 1. The second-order valence-electron chi connectivity index (χ2n) is 6.93. The lowest BCUT2D eigenvalue weighted by Crippen LogP contribution is -2.37. The van der Waals surface area contributed by atoms with Crippen molar-refractivity contribution in [3.05, 3.63) is 71.1 Å². The van der Waals surface area contributed by atoms with Gasteiger partial charge in [-0.05, 0) is 44.0 Å². The van der Waals surface area contributed by atoms with Crippen LogP contribution in [0, 0.1) is 13.8 Å². The average Bonchev–Trinajstić information content (AvgIpc) is 3.20. The van der Waals surface area contributed by atoms with Crippen LogP contribution in [0.15, 0.2) is 58.1 Å². The third-order valence-corrected chi connectivity index (χ3v) is 4.63. The molecule has 1 aromatic heterocycles. The molecule has 0 aliphatic rings. The van der Waals surface area contributed by atoms with Crippen LogP contribution in [0.3, 0.4) is 0 Å². The fourth-order valence-electron chi connectivity index (χ4n) is 3.03. The minimum Gasteiger partial charge on any atom is -0.496 e. The quantitative estimate of drug-likeness (QED) is 0.273. The number of nitrogens with one attached hydrogen (secondary N) is 2. The first kappa shape index (κ1) is 23.7. The number of hydrogen-bond acceptors (Lipinski definition) is 4. The lowest BCUT2D eigenvalue weighted by atomic mass is 10.1. The van der Waals surface area contributed by atoms with E-state index in [1.165, 1.54) is 16.7 Å². The Morgan fingerprint density at radius 3 is 2.50 bits per heavy atom. The largest absolute Gasteiger partial charge is 0.496 e. The van der Waals surface area contributed by atoms with Gasteiger partial charge >= 0.3 is 0 Å². The zero-order chi connectivity index (χ0) is 20.6. The maximum Gasteiger partial charge on any atom is 0.226 e. The Balaban J connectivity index is 0.00000320. The van der Waals surface area contributed by atoms with Crippen molar-refractivity contribution < 1.29 is 9.15 Å². The second-order valence-corrected chi connectivity index (χ2v) is 6.93. The molecule has 0 amide bonds. The van der Waals surface area contributed by atoms with Crippen molar-refractivity contribution in [1.29, 1.82) is 0 Å².